The molecule has 0 aromatic rings. The van der Waals surface area contributed by atoms with Crippen molar-refractivity contribution in [3.63, 3.8) is 0 Å². The smallest absolute Gasteiger partial charge is 0.325 e. The fraction of sp³-hybridized carbons (Fsp3) is 0.615. The number of hydrogen-bond donors (Lipinski definition) is 4. The molecule has 1 aliphatic carbocycles. The summed E-state index contributed by atoms with van der Waals surface area (Å²) in [5, 5.41) is 18.8. The average Bonchev–Trinajstić information content (AvgIpc) is 2.40. The Kier molecular flexibility index (Phi) is 9.02. The quantitative estimate of drug-likeness (QED) is 0.544. The Labute approximate surface area is 117 Å². The Morgan fingerprint density at radius 1 is 1.20 bits per heavy atom. The van der Waals surface area contributed by atoms with E-state index in [-0.39, 0.29) is 0 Å². The maximum Gasteiger partial charge on any atom is 0.325 e. The second kappa shape index (κ2) is 9.96. The molecule has 114 valence electrons. The second-order valence-electron chi connectivity index (χ2n) is 4.53. The lowest BCUT2D eigenvalue weighted by Gasteiger charge is -2.12. The van der Waals surface area contributed by atoms with Crippen molar-refractivity contribution >= 4 is 17.8 Å². The van der Waals surface area contributed by atoms with Crippen molar-refractivity contribution in [2.45, 2.75) is 51.1 Å². The van der Waals surface area contributed by atoms with Crippen LogP contribution in [0.25, 0.3) is 0 Å². The number of carbonyl (C=O) groups excluding carboxylic acids is 1. The summed E-state index contributed by atoms with van der Waals surface area (Å²) in [7, 11) is 0. The van der Waals surface area contributed by atoms with Crippen molar-refractivity contribution in [1.82, 2.24) is 5.32 Å². The first kappa shape index (κ1) is 18.1. The lowest BCUT2D eigenvalue weighted by Crippen LogP contribution is -2.47. The molecular formula is C13H22N2O5. The SMILES string of the molecule is C1=CCCCC1.C[C@H](NC(=O)[C@@H](N)CC(=O)O)C(=O)O. The summed E-state index contributed by atoms with van der Waals surface area (Å²) in [6.07, 6.45) is 9.47. The fourth-order valence-corrected chi connectivity index (χ4v) is 1.42. The van der Waals surface area contributed by atoms with E-state index in [9.17, 15) is 14.4 Å². The number of allylic oxidation sites excluding steroid dienone is 2. The zero-order valence-corrected chi connectivity index (χ0v) is 11.5. The van der Waals surface area contributed by atoms with Crippen molar-refractivity contribution in [3.05, 3.63) is 12.2 Å². The molecule has 0 aromatic heterocycles. The number of nitrogens with two attached hydrogens (primary N) is 1. The molecule has 1 aliphatic rings. The summed E-state index contributed by atoms with van der Waals surface area (Å²) >= 11 is 0. The highest BCUT2D eigenvalue weighted by molar-refractivity contribution is 5.89. The minimum atomic E-state index is -1.23. The molecule has 0 radical (unpaired) electrons. The standard InChI is InChI=1S/C7H12N2O5.C6H10/c1-3(7(13)14)9-6(12)4(8)2-5(10)11;1-2-4-6-5-3-1/h3-4H,2,8H2,1H3,(H,9,12)(H,10,11)(H,13,14);1-2H,3-6H2/t3-,4-;/m0./s1. The first-order valence-corrected chi connectivity index (χ1v) is 6.50. The van der Waals surface area contributed by atoms with E-state index in [1.165, 1.54) is 32.6 Å². The van der Waals surface area contributed by atoms with Gasteiger partial charge in [-0.2, -0.15) is 0 Å². The lowest BCUT2D eigenvalue weighted by molar-refractivity contribution is -0.142. The van der Waals surface area contributed by atoms with Crippen LogP contribution in [0.2, 0.25) is 0 Å². The van der Waals surface area contributed by atoms with Crippen LogP contribution in [-0.2, 0) is 14.4 Å². The Morgan fingerprint density at radius 2 is 1.70 bits per heavy atom. The molecule has 0 spiro atoms. The predicted octanol–water partition coefficient (Wildman–Crippen LogP) is 0.494. The third-order valence-corrected chi connectivity index (χ3v) is 2.62. The number of rotatable bonds is 5. The van der Waals surface area contributed by atoms with Gasteiger partial charge in [0.25, 0.3) is 0 Å². The van der Waals surface area contributed by atoms with Gasteiger partial charge in [0.15, 0.2) is 0 Å². The second-order valence-corrected chi connectivity index (χ2v) is 4.53. The normalized spacial score (nSPS) is 16.3. The fourth-order valence-electron chi connectivity index (χ4n) is 1.42. The summed E-state index contributed by atoms with van der Waals surface area (Å²) < 4.78 is 0. The highest BCUT2D eigenvalue weighted by atomic mass is 16.4. The summed E-state index contributed by atoms with van der Waals surface area (Å²) in [6, 6.07) is -2.31. The van der Waals surface area contributed by atoms with E-state index in [1.54, 1.807) is 0 Å². The maximum absolute atomic E-state index is 11.0. The molecule has 0 aliphatic heterocycles. The molecule has 5 N–H and O–H groups in total. The van der Waals surface area contributed by atoms with Crippen LogP contribution in [0, 0.1) is 0 Å². The molecule has 0 unspecified atom stereocenters. The highest BCUT2D eigenvalue weighted by Gasteiger charge is 2.21. The highest BCUT2D eigenvalue weighted by Crippen LogP contribution is 2.07. The third-order valence-electron chi connectivity index (χ3n) is 2.62. The zero-order valence-electron chi connectivity index (χ0n) is 11.5. The van der Waals surface area contributed by atoms with E-state index in [0.717, 1.165) is 0 Å². The Morgan fingerprint density at radius 3 is 2.00 bits per heavy atom. The van der Waals surface area contributed by atoms with Gasteiger partial charge in [0.05, 0.1) is 12.5 Å². The molecule has 7 heteroatoms. The minimum Gasteiger partial charge on any atom is -0.481 e. The van der Waals surface area contributed by atoms with Gasteiger partial charge in [0, 0.05) is 0 Å². The lowest BCUT2D eigenvalue weighted by atomic mass is 10.1. The summed E-state index contributed by atoms with van der Waals surface area (Å²) in [6.45, 7) is 1.26. The molecule has 1 rings (SSSR count). The van der Waals surface area contributed by atoms with Crippen LogP contribution in [0.1, 0.15) is 39.0 Å². The van der Waals surface area contributed by atoms with E-state index in [1.807, 2.05) is 0 Å². The van der Waals surface area contributed by atoms with E-state index >= 15 is 0 Å². The first-order chi connectivity index (χ1) is 9.34. The van der Waals surface area contributed by atoms with Crippen LogP contribution in [0.4, 0.5) is 0 Å². The maximum atomic E-state index is 11.0. The minimum absolute atomic E-state index is 0.530. The average molecular weight is 286 g/mol. The molecule has 1 amide bonds. The molecular weight excluding hydrogens is 264 g/mol. The summed E-state index contributed by atoms with van der Waals surface area (Å²) in [5.74, 6) is -3.21. The van der Waals surface area contributed by atoms with Crippen molar-refractivity contribution in [1.29, 1.82) is 0 Å². The van der Waals surface area contributed by atoms with Gasteiger partial charge in [-0.15, -0.1) is 0 Å². The Hall–Kier alpha value is -1.89. The van der Waals surface area contributed by atoms with E-state index in [0.29, 0.717) is 0 Å². The summed E-state index contributed by atoms with van der Waals surface area (Å²) in [4.78, 5) is 31.5. The topological polar surface area (TPSA) is 130 Å². The van der Waals surface area contributed by atoms with Crippen LogP contribution < -0.4 is 11.1 Å². The van der Waals surface area contributed by atoms with E-state index in [4.69, 9.17) is 15.9 Å². The van der Waals surface area contributed by atoms with Gasteiger partial charge in [-0.25, -0.2) is 0 Å². The number of carbonyl (C=O) groups is 3. The first-order valence-electron chi connectivity index (χ1n) is 6.50. The monoisotopic (exact) mass is 286 g/mol. The van der Waals surface area contributed by atoms with Gasteiger partial charge < -0.3 is 21.3 Å². The van der Waals surface area contributed by atoms with Gasteiger partial charge >= 0.3 is 11.9 Å². The van der Waals surface area contributed by atoms with Crippen LogP contribution in [0.3, 0.4) is 0 Å². The molecule has 2 atom stereocenters. The molecule has 0 fully saturated rings. The summed E-state index contributed by atoms with van der Waals surface area (Å²) in [5.41, 5.74) is 5.18. The number of aliphatic carboxylic acids is 2. The number of carboxylic acids is 2. The molecule has 20 heavy (non-hydrogen) atoms. The van der Waals surface area contributed by atoms with Crippen LogP contribution in [0.15, 0.2) is 12.2 Å². The van der Waals surface area contributed by atoms with Crippen LogP contribution in [0.5, 0.6) is 0 Å². The van der Waals surface area contributed by atoms with Crippen molar-refractivity contribution in [3.8, 4) is 0 Å². The van der Waals surface area contributed by atoms with Gasteiger partial charge in [-0.05, 0) is 32.6 Å². The van der Waals surface area contributed by atoms with Crippen LogP contribution in [-0.4, -0.2) is 40.1 Å². The zero-order chi connectivity index (χ0) is 15.5. The number of amides is 1. The number of nitrogens with one attached hydrogen (secondary N) is 1. The van der Waals surface area contributed by atoms with Gasteiger partial charge in [-0.1, -0.05) is 12.2 Å². The molecule has 0 saturated heterocycles. The molecule has 0 bridgehead atoms. The largest absolute Gasteiger partial charge is 0.481 e. The van der Waals surface area contributed by atoms with E-state index < -0.39 is 36.4 Å². The number of carboxylic acid groups (broad SMARTS) is 2. The third kappa shape index (κ3) is 9.09. The molecule has 0 aromatic carbocycles. The van der Waals surface area contributed by atoms with Crippen LogP contribution >= 0.6 is 0 Å². The van der Waals surface area contributed by atoms with Gasteiger partial charge in [0.1, 0.15) is 6.04 Å². The Bertz CT molecular complexity index is 360. The van der Waals surface area contributed by atoms with Gasteiger partial charge in [-0.3, -0.25) is 14.4 Å². The number of hydrogen-bond acceptors (Lipinski definition) is 4. The predicted molar refractivity (Wildman–Crippen MR) is 73.1 cm³/mol. The van der Waals surface area contributed by atoms with Crippen molar-refractivity contribution in [2.24, 2.45) is 5.73 Å². The molecule has 7 nitrogen and oxygen atoms in total. The van der Waals surface area contributed by atoms with Crippen molar-refractivity contribution in [2.75, 3.05) is 0 Å². The molecule has 0 saturated carbocycles. The Balaban J connectivity index is 0.000000493. The van der Waals surface area contributed by atoms with Gasteiger partial charge in [0.2, 0.25) is 5.91 Å². The molecule has 0 heterocycles. The van der Waals surface area contributed by atoms with E-state index in [2.05, 4.69) is 17.5 Å². The van der Waals surface area contributed by atoms with Crippen molar-refractivity contribution < 1.29 is 24.6 Å².